The van der Waals surface area contributed by atoms with Crippen molar-refractivity contribution < 1.29 is 23.1 Å². The number of hydrogen-bond acceptors (Lipinski definition) is 5. The maximum atomic E-state index is 13.8. The van der Waals surface area contributed by atoms with E-state index >= 15 is 0 Å². The average molecular weight is 616 g/mol. The van der Waals surface area contributed by atoms with Crippen LogP contribution in [0.4, 0.5) is 4.39 Å². The highest BCUT2D eigenvalue weighted by Gasteiger charge is 2.12. The minimum absolute atomic E-state index is 0.102. The lowest BCUT2D eigenvalue weighted by atomic mass is 10.2. The van der Waals surface area contributed by atoms with E-state index in [4.69, 9.17) is 13.9 Å². The molecule has 2 aromatic heterocycles. The molecule has 0 radical (unpaired) electrons. The Hall–Kier alpha value is -4.63. The second-order valence-corrected chi connectivity index (χ2v) is 10.1. The predicted molar refractivity (Wildman–Crippen MR) is 158 cm³/mol. The average Bonchev–Trinajstić information content (AvgIpc) is 3.58. The summed E-state index contributed by atoms with van der Waals surface area (Å²) < 4.78 is 33.8. The van der Waals surface area contributed by atoms with Crippen molar-refractivity contribution >= 4 is 28.1 Å². The highest BCUT2D eigenvalue weighted by molar-refractivity contribution is 9.10. The fourth-order valence-electron chi connectivity index (χ4n) is 4.21. The van der Waals surface area contributed by atoms with Crippen LogP contribution in [0.1, 0.15) is 38.8 Å². The van der Waals surface area contributed by atoms with E-state index in [0.717, 1.165) is 22.6 Å². The highest BCUT2D eigenvalue weighted by atomic mass is 79.9. The number of furan rings is 1. The Morgan fingerprint density at radius 1 is 0.951 bits per heavy atom. The molecule has 2 heterocycles. The molecule has 5 aromatic rings. The van der Waals surface area contributed by atoms with Crippen LogP contribution in [0.25, 0.3) is 5.69 Å². The Bertz CT molecular complexity index is 1670. The van der Waals surface area contributed by atoms with E-state index in [2.05, 4.69) is 57.0 Å². The number of rotatable bonds is 10. The summed E-state index contributed by atoms with van der Waals surface area (Å²) in [4.78, 5) is 12.5. The predicted octanol–water partition coefficient (Wildman–Crippen LogP) is 7.51. The SMILES string of the molecule is Cc1ccc(C)n1-c1ccc(OCc2ccc(C(=O)N/N=C/c3ccc(OCc4ccccc4F)c(Br)c3)o2)cc1. The van der Waals surface area contributed by atoms with E-state index < -0.39 is 5.91 Å². The van der Waals surface area contributed by atoms with Gasteiger partial charge < -0.3 is 18.5 Å². The number of carbonyl (C=O) groups excluding carboxylic acids is 1. The van der Waals surface area contributed by atoms with Gasteiger partial charge in [0.1, 0.15) is 36.3 Å². The number of benzene rings is 3. The van der Waals surface area contributed by atoms with Gasteiger partial charge in [0.15, 0.2) is 5.76 Å². The Labute approximate surface area is 245 Å². The number of ether oxygens (including phenoxy) is 2. The lowest BCUT2D eigenvalue weighted by molar-refractivity contribution is 0.0923. The summed E-state index contributed by atoms with van der Waals surface area (Å²) in [5.74, 6) is 1.07. The van der Waals surface area contributed by atoms with Gasteiger partial charge in [0, 0.05) is 22.6 Å². The molecule has 0 saturated carbocycles. The number of halogens is 2. The smallest absolute Gasteiger partial charge is 0.307 e. The van der Waals surface area contributed by atoms with E-state index in [0.29, 0.717) is 27.3 Å². The third kappa shape index (κ3) is 6.93. The summed E-state index contributed by atoms with van der Waals surface area (Å²) >= 11 is 3.45. The maximum absolute atomic E-state index is 13.8. The van der Waals surface area contributed by atoms with E-state index in [1.165, 1.54) is 12.3 Å². The van der Waals surface area contributed by atoms with Gasteiger partial charge in [0.2, 0.25) is 0 Å². The minimum atomic E-state index is -0.488. The highest BCUT2D eigenvalue weighted by Crippen LogP contribution is 2.27. The molecule has 41 heavy (non-hydrogen) atoms. The molecule has 5 rings (SSSR count). The molecule has 0 aliphatic rings. The lowest BCUT2D eigenvalue weighted by Gasteiger charge is -2.10. The van der Waals surface area contributed by atoms with Gasteiger partial charge >= 0.3 is 5.91 Å². The molecule has 0 aliphatic heterocycles. The number of nitrogens with zero attached hydrogens (tertiary/aromatic N) is 2. The molecule has 0 saturated heterocycles. The zero-order valence-electron chi connectivity index (χ0n) is 22.4. The number of amides is 1. The molecule has 3 aromatic carbocycles. The Balaban J connectivity index is 1.11. The number of carbonyl (C=O) groups is 1. The van der Waals surface area contributed by atoms with Crippen molar-refractivity contribution in [2.24, 2.45) is 5.10 Å². The van der Waals surface area contributed by atoms with E-state index in [-0.39, 0.29) is 24.8 Å². The topological polar surface area (TPSA) is 78.0 Å². The molecular weight excluding hydrogens is 589 g/mol. The number of aryl methyl sites for hydroxylation is 2. The van der Waals surface area contributed by atoms with E-state index in [1.807, 2.05) is 24.3 Å². The molecule has 0 unspecified atom stereocenters. The van der Waals surface area contributed by atoms with Crippen LogP contribution in [-0.2, 0) is 13.2 Å². The molecule has 0 spiro atoms. The number of nitrogens with one attached hydrogen (secondary N) is 1. The van der Waals surface area contributed by atoms with Gasteiger partial charge in [-0.2, -0.15) is 5.10 Å². The summed E-state index contributed by atoms with van der Waals surface area (Å²) in [5, 5.41) is 4.01. The Morgan fingerprint density at radius 2 is 1.71 bits per heavy atom. The Morgan fingerprint density at radius 3 is 2.44 bits per heavy atom. The molecule has 208 valence electrons. The van der Waals surface area contributed by atoms with Gasteiger partial charge in [-0.05, 0) is 108 Å². The largest absolute Gasteiger partial charge is 0.488 e. The lowest BCUT2D eigenvalue weighted by Crippen LogP contribution is -2.16. The first-order valence-corrected chi connectivity index (χ1v) is 13.6. The molecule has 1 amide bonds. The molecule has 7 nitrogen and oxygen atoms in total. The summed E-state index contributed by atoms with van der Waals surface area (Å²) in [5.41, 5.74) is 7.03. The van der Waals surface area contributed by atoms with Crippen LogP contribution >= 0.6 is 15.9 Å². The number of hydrazone groups is 1. The van der Waals surface area contributed by atoms with Crippen molar-refractivity contribution in [3.63, 3.8) is 0 Å². The zero-order valence-corrected chi connectivity index (χ0v) is 24.0. The van der Waals surface area contributed by atoms with Gasteiger partial charge in [0.05, 0.1) is 10.7 Å². The maximum Gasteiger partial charge on any atom is 0.307 e. The third-order valence-electron chi connectivity index (χ3n) is 6.31. The quantitative estimate of drug-likeness (QED) is 0.130. The van der Waals surface area contributed by atoms with Crippen LogP contribution < -0.4 is 14.9 Å². The number of hydrogen-bond donors (Lipinski definition) is 1. The molecule has 1 N–H and O–H groups in total. The standard InChI is InChI=1S/C32H27BrFN3O4/c1-21-7-8-22(2)37(21)25-10-12-26(13-11-25)39-20-27-14-16-31(41-27)32(38)36-35-18-23-9-15-30(28(33)17-23)40-19-24-5-3-4-6-29(24)34/h3-18H,19-20H2,1-2H3,(H,36,38)/b35-18+. The van der Waals surface area contributed by atoms with Crippen molar-refractivity contribution in [1.82, 2.24) is 9.99 Å². The first kappa shape index (κ1) is 27.9. The molecule has 0 atom stereocenters. The van der Waals surface area contributed by atoms with Crippen LogP contribution in [0.2, 0.25) is 0 Å². The molecule has 0 aliphatic carbocycles. The van der Waals surface area contributed by atoms with Gasteiger partial charge in [-0.15, -0.1) is 0 Å². The van der Waals surface area contributed by atoms with Crippen molar-refractivity contribution in [1.29, 1.82) is 0 Å². The van der Waals surface area contributed by atoms with E-state index in [1.54, 1.807) is 48.5 Å². The summed E-state index contributed by atoms with van der Waals surface area (Å²) in [7, 11) is 0. The molecule has 9 heteroatoms. The summed E-state index contributed by atoms with van der Waals surface area (Å²) in [6, 6.07) is 27.0. The second-order valence-electron chi connectivity index (χ2n) is 9.27. The number of aromatic nitrogens is 1. The first-order chi connectivity index (χ1) is 19.9. The summed E-state index contributed by atoms with van der Waals surface area (Å²) in [6.07, 6.45) is 1.50. The molecular formula is C32H27BrFN3O4. The fourth-order valence-corrected chi connectivity index (χ4v) is 4.72. The second kappa shape index (κ2) is 12.7. The minimum Gasteiger partial charge on any atom is -0.488 e. The van der Waals surface area contributed by atoms with Crippen LogP contribution in [0.5, 0.6) is 11.5 Å². The van der Waals surface area contributed by atoms with Crippen LogP contribution in [-0.4, -0.2) is 16.7 Å². The first-order valence-electron chi connectivity index (χ1n) is 12.8. The van der Waals surface area contributed by atoms with Gasteiger partial charge in [-0.25, -0.2) is 9.82 Å². The van der Waals surface area contributed by atoms with E-state index in [9.17, 15) is 9.18 Å². The normalized spacial score (nSPS) is 11.1. The van der Waals surface area contributed by atoms with Crippen molar-refractivity contribution in [2.75, 3.05) is 0 Å². The molecule has 0 fully saturated rings. The van der Waals surface area contributed by atoms with Crippen molar-refractivity contribution in [2.45, 2.75) is 27.1 Å². The monoisotopic (exact) mass is 615 g/mol. The molecule has 0 bridgehead atoms. The summed E-state index contributed by atoms with van der Waals surface area (Å²) in [6.45, 7) is 4.41. The fraction of sp³-hybridized carbons (Fsp3) is 0.125. The van der Waals surface area contributed by atoms with Crippen molar-refractivity contribution in [3.8, 4) is 17.2 Å². The van der Waals surface area contributed by atoms with Crippen LogP contribution in [0.15, 0.2) is 105 Å². The van der Waals surface area contributed by atoms with Gasteiger partial charge in [-0.3, -0.25) is 4.79 Å². The Kier molecular flexibility index (Phi) is 8.64. The van der Waals surface area contributed by atoms with Gasteiger partial charge in [0.25, 0.3) is 0 Å². The van der Waals surface area contributed by atoms with Crippen LogP contribution in [0, 0.1) is 19.7 Å². The third-order valence-corrected chi connectivity index (χ3v) is 6.93. The van der Waals surface area contributed by atoms with Crippen LogP contribution in [0.3, 0.4) is 0 Å². The van der Waals surface area contributed by atoms with Crippen molar-refractivity contribution in [3.05, 3.63) is 135 Å². The van der Waals surface area contributed by atoms with Gasteiger partial charge in [-0.1, -0.05) is 18.2 Å². The zero-order chi connectivity index (χ0) is 28.8.